The molecule has 1 N–H and O–H groups in total. The van der Waals surface area contributed by atoms with Crippen molar-refractivity contribution >= 4 is 11.8 Å². The Morgan fingerprint density at radius 1 is 0.882 bits per heavy atom. The van der Waals surface area contributed by atoms with Crippen molar-refractivity contribution in [2.75, 3.05) is 6.54 Å². The molecule has 0 aliphatic rings. The van der Waals surface area contributed by atoms with Crippen molar-refractivity contribution in [1.29, 1.82) is 0 Å². The molecule has 0 aliphatic carbocycles. The average Bonchev–Trinajstić information content (AvgIpc) is 2.83. The Bertz CT molecular complexity index is 1080. The van der Waals surface area contributed by atoms with Crippen molar-refractivity contribution in [3.05, 3.63) is 107 Å². The smallest absolute Gasteiger partial charge is 0.243 e. The van der Waals surface area contributed by atoms with Gasteiger partial charge in [-0.15, -0.1) is 0 Å². The highest BCUT2D eigenvalue weighted by atomic mass is 19.1. The lowest BCUT2D eigenvalue weighted by Gasteiger charge is -2.32. The number of rotatable bonds is 10. The first-order valence-corrected chi connectivity index (χ1v) is 11.7. The summed E-state index contributed by atoms with van der Waals surface area (Å²) in [5.41, 5.74) is 3.31. The monoisotopic (exact) mass is 460 g/mol. The van der Waals surface area contributed by atoms with E-state index < -0.39 is 11.9 Å². The van der Waals surface area contributed by atoms with Crippen LogP contribution in [0.3, 0.4) is 0 Å². The van der Waals surface area contributed by atoms with E-state index >= 15 is 0 Å². The van der Waals surface area contributed by atoms with E-state index in [0.29, 0.717) is 18.5 Å². The summed E-state index contributed by atoms with van der Waals surface area (Å²) in [6.07, 6.45) is 0.265. The molecule has 0 aromatic heterocycles. The maximum absolute atomic E-state index is 14.4. The molecular weight excluding hydrogens is 427 g/mol. The van der Waals surface area contributed by atoms with Gasteiger partial charge < -0.3 is 10.2 Å². The highest BCUT2D eigenvalue weighted by Crippen LogP contribution is 2.18. The second-order valence-corrected chi connectivity index (χ2v) is 9.12. The van der Waals surface area contributed by atoms with Crippen LogP contribution in [0.25, 0.3) is 0 Å². The number of nitrogens with zero attached hydrogens (tertiary/aromatic N) is 1. The number of halogens is 1. The van der Waals surface area contributed by atoms with Gasteiger partial charge in [0, 0.05) is 19.5 Å². The van der Waals surface area contributed by atoms with E-state index in [1.54, 1.807) is 23.1 Å². The second kappa shape index (κ2) is 12.1. The Labute approximate surface area is 201 Å². The predicted octanol–water partition coefficient (Wildman–Crippen LogP) is 5.09. The predicted molar refractivity (Wildman–Crippen MR) is 134 cm³/mol. The molecule has 1 atom stereocenters. The van der Waals surface area contributed by atoms with Crippen LogP contribution in [0, 0.1) is 18.7 Å². The highest BCUT2D eigenvalue weighted by Gasteiger charge is 2.30. The third-order valence-corrected chi connectivity index (χ3v) is 5.73. The molecule has 2 amide bonds. The van der Waals surface area contributed by atoms with E-state index in [9.17, 15) is 14.0 Å². The number of amides is 2. The fourth-order valence-electron chi connectivity index (χ4n) is 3.77. The maximum Gasteiger partial charge on any atom is 0.243 e. The summed E-state index contributed by atoms with van der Waals surface area (Å²) in [6.45, 7) is 6.84. The van der Waals surface area contributed by atoms with Gasteiger partial charge in [0.05, 0.1) is 6.42 Å². The summed E-state index contributed by atoms with van der Waals surface area (Å²) in [7, 11) is 0. The summed E-state index contributed by atoms with van der Waals surface area (Å²) in [4.78, 5) is 28.6. The third kappa shape index (κ3) is 7.27. The van der Waals surface area contributed by atoms with Crippen LogP contribution in [0.15, 0.2) is 78.9 Å². The van der Waals surface area contributed by atoms with Crippen molar-refractivity contribution < 1.29 is 14.0 Å². The molecule has 0 fully saturated rings. The largest absolute Gasteiger partial charge is 0.354 e. The van der Waals surface area contributed by atoms with E-state index in [1.807, 2.05) is 75.4 Å². The number of benzene rings is 3. The zero-order valence-electron chi connectivity index (χ0n) is 20.1. The molecule has 3 aromatic rings. The van der Waals surface area contributed by atoms with Crippen LogP contribution < -0.4 is 5.32 Å². The van der Waals surface area contributed by atoms with Gasteiger partial charge in [0.15, 0.2) is 0 Å². The summed E-state index contributed by atoms with van der Waals surface area (Å²) in [5.74, 6) is -0.631. The number of hydrogen-bond acceptors (Lipinski definition) is 2. The fraction of sp³-hybridized carbons (Fsp3) is 0.310. The van der Waals surface area contributed by atoms with Crippen LogP contribution in [0.1, 0.15) is 36.1 Å². The second-order valence-electron chi connectivity index (χ2n) is 9.12. The van der Waals surface area contributed by atoms with Crippen molar-refractivity contribution in [3.8, 4) is 0 Å². The normalized spacial score (nSPS) is 11.8. The molecule has 5 heteroatoms. The summed E-state index contributed by atoms with van der Waals surface area (Å²) in [5, 5.41) is 3.00. The molecule has 0 radical (unpaired) electrons. The van der Waals surface area contributed by atoms with Gasteiger partial charge in [-0.1, -0.05) is 92.2 Å². The average molecular weight is 461 g/mol. The van der Waals surface area contributed by atoms with E-state index in [2.05, 4.69) is 5.32 Å². The van der Waals surface area contributed by atoms with Gasteiger partial charge in [0.2, 0.25) is 11.8 Å². The Kier molecular flexibility index (Phi) is 8.97. The molecule has 4 nitrogen and oxygen atoms in total. The van der Waals surface area contributed by atoms with Gasteiger partial charge in [-0.3, -0.25) is 9.59 Å². The maximum atomic E-state index is 14.4. The van der Waals surface area contributed by atoms with E-state index in [-0.39, 0.29) is 30.7 Å². The molecule has 178 valence electrons. The summed E-state index contributed by atoms with van der Waals surface area (Å²) in [6, 6.07) is 23.1. The molecule has 0 aliphatic heterocycles. The number of carbonyl (C=O) groups excluding carboxylic acids is 2. The van der Waals surface area contributed by atoms with Crippen LogP contribution in [-0.4, -0.2) is 29.3 Å². The molecule has 0 saturated carbocycles. The Morgan fingerprint density at radius 2 is 1.53 bits per heavy atom. The van der Waals surface area contributed by atoms with E-state index in [4.69, 9.17) is 0 Å². The van der Waals surface area contributed by atoms with Gasteiger partial charge >= 0.3 is 0 Å². The van der Waals surface area contributed by atoms with Crippen LogP contribution in [0.5, 0.6) is 0 Å². The lowest BCUT2D eigenvalue weighted by atomic mass is 10.0. The minimum atomic E-state index is -0.721. The SMILES string of the molecule is Cc1ccc(CN(C(=O)Cc2ccccc2F)[C@@H](Cc2ccccc2)C(=O)NCC(C)C)cc1. The number of nitrogens with one attached hydrogen (secondary N) is 1. The van der Waals surface area contributed by atoms with Crippen LogP contribution in [-0.2, 0) is 29.0 Å². The van der Waals surface area contributed by atoms with E-state index in [0.717, 1.165) is 16.7 Å². The quantitative estimate of drug-likeness (QED) is 0.458. The van der Waals surface area contributed by atoms with Crippen LogP contribution in [0.4, 0.5) is 4.39 Å². The van der Waals surface area contributed by atoms with Gasteiger partial charge in [-0.2, -0.15) is 0 Å². The topological polar surface area (TPSA) is 49.4 Å². The first kappa shape index (κ1) is 25.2. The van der Waals surface area contributed by atoms with Crippen LogP contribution in [0.2, 0.25) is 0 Å². The third-order valence-electron chi connectivity index (χ3n) is 5.73. The Morgan fingerprint density at radius 3 is 2.18 bits per heavy atom. The molecule has 3 rings (SSSR count). The molecule has 0 saturated heterocycles. The van der Waals surface area contributed by atoms with Gasteiger partial charge in [0.25, 0.3) is 0 Å². The molecule has 0 heterocycles. The Hall–Kier alpha value is -3.47. The zero-order chi connectivity index (χ0) is 24.5. The van der Waals surface area contributed by atoms with Crippen molar-refractivity contribution in [1.82, 2.24) is 10.2 Å². The van der Waals surface area contributed by atoms with E-state index in [1.165, 1.54) is 6.07 Å². The summed E-state index contributed by atoms with van der Waals surface area (Å²) >= 11 is 0. The first-order valence-electron chi connectivity index (χ1n) is 11.7. The van der Waals surface area contributed by atoms with Crippen molar-refractivity contribution in [2.24, 2.45) is 5.92 Å². The zero-order valence-corrected chi connectivity index (χ0v) is 20.1. The highest BCUT2D eigenvalue weighted by molar-refractivity contribution is 5.88. The standard InChI is InChI=1S/C29H33FN2O2/c1-21(2)19-31-29(34)27(17-23-9-5-4-6-10-23)32(20-24-15-13-22(3)14-16-24)28(33)18-25-11-7-8-12-26(25)30/h4-16,21,27H,17-20H2,1-3H3,(H,31,34)/t27-/m0/s1. The minimum absolute atomic E-state index is 0.110. The number of carbonyl (C=O) groups is 2. The molecule has 0 unspecified atom stereocenters. The van der Waals surface area contributed by atoms with Crippen LogP contribution >= 0.6 is 0 Å². The molecule has 0 bridgehead atoms. The lowest BCUT2D eigenvalue weighted by Crippen LogP contribution is -2.51. The lowest BCUT2D eigenvalue weighted by molar-refractivity contribution is -0.140. The van der Waals surface area contributed by atoms with Gasteiger partial charge in [-0.05, 0) is 35.6 Å². The minimum Gasteiger partial charge on any atom is -0.354 e. The molecule has 0 spiro atoms. The van der Waals surface area contributed by atoms with Gasteiger partial charge in [-0.25, -0.2) is 4.39 Å². The summed E-state index contributed by atoms with van der Waals surface area (Å²) < 4.78 is 14.4. The Balaban J connectivity index is 1.96. The fourth-order valence-corrected chi connectivity index (χ4v) is 3.77. The van der Waals surface area contributed by atoms with Crippen molar-refractivity contribution in [2.45, 2.75) is 46.2 Å². The first-order chi connectivity index (χ1) is 16.3. The van der Waals surface area contributed by atoms with Crippen molar-refractivity contribution in [3.63, 3.8) is 0 Å². The molecule has 3 aromatic carbocycles. The number of aryl methyl sites for hydroxylation is 1. The number of hydrogen-bond donors (Lipinski definition) is 1. The van der Waals surface area contributed by atoms with Gasteiger partial charge in [0.1, 0.15) is 11.9 Å². The molecule has 34 heavy (non-hydrogen) atoms. The molecular formula is C29H33FN2O2.